The van der Waals surface area contributed by atoms with Crippen molar-refractivity contribution in [2.24, 2.45) is 7.05 Å². The summed E-state index contributed by atoms with van der Waals surface area (Å²) in [4.78, 5) is 28.2. The monoisotopic (exact) mass is 363 g/mol. The maximum absolute atomic E-state index is 12.7. The number of rotatable bonds is 7. The normalized spacial score (nSPS) is 11.7. The lowest BCUT2D eigenvalue weighted by molar-refractivity contribution is 0.298. The van der Waals surface area contributed by atoms with E-state index < -0.39 is 28.2 Å². The van der Waals surface area contributed by atoms with Crippen LogP contribution in [0.1, 0.15) is 11.1 Å². The predicted octanol–water partition coefficient (Wildman–Crippen LogP) is 0.615. The van der Waals surface area contributed by atoms with Crippen molar-refractivity contribution in [2.45, 2.75) is 12.3 Å². The van der Waals surface area contributed by atoms with E-state index in [-0.39, 0.29) is 31.0 Å². The zero-order valence-corrected chi connectivity index (χ0v) is 14.4. The molecule has 1 aromatic heterocycles. The van der Waals surface area contributed by atoms with Gasteiger partial charge in [0.2, 0.25) is 12.4 Å². The molecule has 0 aliphatic heterocycles. The van der Waals surface area contributed by atoms with Gasteiger partial charge < -0.3 is 14.1 Å². The molecule has 1 aromatic carbocycles. The standard InChI is InChI=1S/C16H17N3O5S/c1-17-8-9-24-15-13(10-12-6-4-3-5-7-12)14(20)19(11-25(22)23)16(21)18(15)2/h3-7H,8-11H2,2H3,(H,22,23). The molecule has 132 valence electrons. The van der Waals surface area contributed by atoms with Crippen molar-refractivity contribution in [3.63, 3.8) is 0 Å². The van der Waals surface area contributed by atoms with E-state index in [1.807, 2.05) is 30.3 Å². The zero-order valence-electron chi connectivity index (χ0n) is 13.5. The van der Waals surface area contributed by atoms with Crippen LogP contribution >= 0.6 is 0 Å². The maximum Gasteiger partial charge on any atom is 0.334 e. The van der Waals surface area contributed by atoms with E-state index in [1.165, 1.54) is 7.05 Å². The van der Waals surface area contributed by atoms with Gasteiger partial charge in [-0.15, -0.1) is 0 Å². The summed E-state index contributed by atoms with van der Waals surface area (Å²) in [5.41, 5.74) is -0.400. The number of aromatic nitrogens is 2. The molecule has 8 nitrogen and oxygen atoms in total. The molecule has 0 saturated carbocycles. The Labute approximate surface area is 146 Å². The summed E-state index contributed by atoms with van der Waals surface area (Å²) in [6.07, 6.45) is 0.194. The van der Waals surface area contributed by atoms with Gasteiger partial charge in [0.05, 0.1) is 5.56 Å². The summed E-state index contributed by atoms with van der Waals surface area (Å²) < 4.78 is 27.5. The van der Waals surface area contributed by atoms with Crippen molar-refractivity contribution in [1.82, 2.24) is 9.13 Å². The molecule has 0 fully saturated rings. The zero-order chi connectivity index (χ0) is 18.4. The molecule has 0 spiro atoms. The van der Waals surface area contributed by atoms with Gasteiger partial charge >= 0.3 is 5.69 Å². The first kappa shape index (κ1) is 18.6. The van der Waals surface area contributed by atoms with Crippen LogP contribution < -0.4 is 16.0 Å². The topological polar surface area (TPSA) is 94.9 Å². The molecule has 2 rings (SSSR count). The molecular weight excluding hydrogens is 346 g/mol. The molecule has 2 aromatic rings. The number of benzene rings is 1. The highest BCUT2D eigenvalue weighted by Crippen LogP contribution is 2.16. The smallest absolute Gasteiger partial charge is 0.334 e. The Kier molecular flexibility index (Phi) is 6.27. The van der Waals surface area contributed by atoms with E-state index in [2.05, 4.69) is 4.85 Å². The second-order valence-electron chi connectivity index (χ2n) is 5.20. The lowest BCUT2D eigenvalue weighted by Gasteiger charge is -2.16. The third-order valence-electron chi connectivity index (χ3n) is 3.49. The van der Waals surface area contributed by atoms with Gasteiger partial charge in [0.1, 0.15) is 5.88 Å². The Hall–Kier alpha value is -2.70. The molecule has 0 bridgehead atoms. The van der Waals surface area contributed by atoms with Crippen LogP contribution in [0.3, 0.4) is 0 Å². The first-order valence-electron chi connectivity index (χ1n) is 7.35. The molecule has 1 unspecified atom stereocenters. The number of nitrogens with zero attached hydrogens (tertiary/aromatic N) is 3. The number of ether oxygens (including phenoxy) is 1. The largest absolute Gasteiger partial charge is 0.470 e. The van der Waals surface area contributed by atoms with Gasteiger partial charge in [-0.05, 0) is 5.56 Å². The fourth-order valence-electron chi connectivity index (χ4n) is 2.36. The molecule has 25 heavy (non-hydrogen) atoms. The van der Waals surface area contributed by atoms with Gasteiger partial charge in [0, 0.05) is 13.5 Å². The van der Waals surface area contributed by atoms with Crippen molar-refractivity contribution in [3.8, 4) is 5.88 Å². The van der Waals surface area contributed by atoms with Gasteiger partial charge in [-0.25, -0.2) is 20.1 Å². The first-order valence-corrected chi connectivity index (χ1v) is 8.63. The minimum absolute atomic E-state index is 0.0357. The number of hydrogen-bond donors (Lipinski definition) is 1. The van der Waals surface area contributed by atoms with Crippen molar-refractivity contribution >= 4 is 11.1 Å². The van der Waals surface area contributed by atoms with E-state index in [9.17, 15) is 13.8 Å². The molecule has 9 heteroatoms. The summed E-state index contributed by atoms with van der Waals surface area (Å²) in [7, 11) is 1.42. The van der Waals surface area contributed by atoms with Crippen LogP contribution in [0.25, 0.3) is 4.85 Å². The molecule has 0 radical (unpaired) electrons. The highest BCUT2D eigenvalue weighted by atomic mass is 32.2. The van der Waals surface area contributed by atoms with Crippen LogP contribution in [0, 0.1) is 6.57 Å². The van der Waals surface area contributed by atoms with Crippen LogP contribution in [0.5, 0.6) is 5.88 Å². The van der Waals surface area contributed by atoms with Gasteiger partial charge in [0.15, 0.2) is 17.7 Å². The van der Waals surface area contributed by atoms with E-state index in [1.54, 1.807) is 0 Å². The van der Waals surface area contributed by atoms with Crippen LogP contribution in [0.15, 0.2) is 39.9 Å². The van der Waals surface area contributed by atoms with Gasteiger partial charge in [0.25, 0.3) is 5.56 Å². The molecule has 0 aliphatic carbocycles. The Balaban J connectivity index is 2.60. The van der Waals surface area contributed by atoms with E-state index in [0.29, 0.717) is 0 Å². The van der Waals surface area contributed by atoms with Gasteiger partial charge in [-0.3, -0.25) is 9.36 Å². The van der Waals surface area contributed by atoms with Crippen molar-refractivity contribution in [2.75, 3.05) is 13.2 Å². The Morgan fingerprint density at radius 2 is 1.96 bits per heavy atom. The second-order valence-corrected chi connectivity index (χ2v) is 6.10. The summed E-state index contributed by atoms with van der Waals surface area (Å²) in [5, 5.41) is 0. The van der Waals surface area contributed by atoms with Gasteiger partial charge in [-0.2, -0.15) is 0 Å². The average Bonchev–Trinajstić information content (AvgIpc) is 2.60. The first-order chi connectivity index (χ1) is 12.0. The predicted molar refractivity (Wildman–Crippen MR) is 92.9 cm³/mol. The minimum atomic E-state index is -2.34. The van der Waals surface area contributed by atoms with Crippen molar-refractivity contribution in [3.05, 3.63) is 73.7 Å². The van der Waals surface area contributed by atoms with Crippen LogP contribution in [-0.4, -0.2) is 31.0 Å². The van der Waals surface area contributed by atoms with Crippen molar-refractivity contribution < 1.29 is 13.5 Å². The molecular formula is C16H17N3O5S. The summed E-state index contributed by atoms with van der Waals surface area (Å²) in [5.74, 6) is -0.544. The van der Waals surface area contributed by atoms with Crippen LogP contribution in [-0.2, 0) is 30.4 Å². The Bertz CT molecular complexity index is 928. The molecule has 0 amide bonds. The summed E-state index contributed by atoms with van der Waals surface area (Å²) in [6, 6.07) is 9.12. The molecule has 1 atom stereocenters. The Morgan fingerprint density at radius 3 is 2.56 bits per heavy atom. The van der Waals surface area contributed by atoms with Crippen LogP contribution in [0.2, 0.25) is 0 Å². The fraction of sp³-hybridized carbons (Fsp3) is 0.312. The van der Waals surface area contributed by atoms with E-state index in [0.717, 1.165) is 14.7 Å². The lowest BCUT2D eigenvalue weighted by Crippen LogP contribution is -2.42. The van der Waals surface area contributed by atoms with Crippen LogP contribution in [0.4, 0.5) is 0 Å². The maximum atomic E-state index is 12.7. The quantitative estimate of drug-likeness (QED) is 0.442. The summed E-state index contributed by atoms with van der Waals surface area (Å²) >= 11 is -2.34. The minimum Gasteiger partial charge on any atom is -0.470 e. The van der Waals surface area contributed by atoms with Crippen molar-refractivity contribution in [1.29, 1.82) is 0 Å². The second kappa shape index (κ2) is 8.41. The van der Waals surface area contributed by atoms with Gasteiger partial charge in [-0.1, -0.05) is 30.3 Å². The summed E-state index contributed by atoms with van der Waals surface area (Å²) in [6.45, 7) is 6.92. The highest BCUT2D eigenvalue weighted by Gasteiger charge is 2.20. The SMILES string of the molecule is [C-]#[N+]CCOc1c(Cc2ccccc2)c(=O)n(CS(=O)O)c(=O)n1C. The molecule has 0 saturated heterocycles. The average molecular weight is 363 g/mol. The number of hydrogen-bond acceptors (Lipinski definition) is 4. The molecule has 0 aliphatic rings. The third kappa shape index (κ3) is 4.43. The molecule has 1 N–H and O–H groups in total. The fourth-order valence-corrected chi connectivity index (χ4v) is 2.81. The lowest BCUT2D eigenvalue weighted by atomic mass is 10.1. The molecule has 1 heterocycles. The third-order valence-corrected chi connectivity index (χ3v) is 3.97. The highest BCUT2D eigenvalue weighted by molar-refractivity contribution is 7.78. The van der Waals surface area contributed by atoms with E-state index >= 15 is 0 Å². The Morgan fingerprint density at radius 1 is 1.28 bits per heavy atom. The van der Waals surface area contributed by atoms with E-state index in [4.69, 9.17) is 15.9 Å².